The van der Waals surface area contributed by atoms with Crippen LogP contribution in [0.5, 0.6) is 0 Å². The molecule has 2 aliphatic carbocycles. The Morgan fingerprint density at radius 3 is 2.13 bits per heavy atom. The first-order valence-electron chi connectivity index (χ1n) is 4.87. The second kappa shape index (κ2) is 3.55. The fraction of sp³-hybridized carbons (Fsp3) is 0.900. The van der Waals surface area contributed by atoms with E-state index in [0.29, 0.717) is 5.78 Å². The number of hydrogen-bond acceptors (Lipinski definition) is 1. The molecule has 3 atom stereocenters. The van der Waals surface area contributed by atoms with Crippen LogP contribution in [0, 0.1) is 10.8 Å². The molecular formula is C10H12Br4O. The molecule has 0 saturated heterocycles. The monoisotopic (exact) mass is 464 g/mol. The minimum atomic E-state index is -0.365. The van der Waals surface area contributed by atoms with Crippen LogP contribution in [0.2, 0.25) is 0 Å². The molecule has 0 amide bonds. The minimum Gasteiger partial charge on any atom is -0.297 e. The van der Waals surface area contributed by atoms with Crippen LogP contribution in [0.1, 0.15) is 26.7 Å². The van der Waals surface area contributed by atoms with E-state index in [1.165, 1.54) is 0 Å². The van der Waals surface area contributed by atoms with Crippen molar-refractivity contribution in [2.24, 2.45) is 10.8 Å². The molecule has 2 bridgehead atoms. The molecule has 0 unspecified atom stereocenters. The fourth-order valence-electron chi connectivity index (χ4n) is 3.13. The fourth-order valence-corrected chi connectivity index (χ4v) is 8.58. The van der Waals surface area contributed by atoms with Gasteiger partial charge in [-0.05, 0) is 12.8 Å². The molecule has 0 aliphatic heterocycles. The van der Waals surface area contributed by atoms with E-state index in [4.69, 9.17) is 0 Å². The summed E-state index contributed by atoms with van der Waals surface area (Å²) < 4.78 is -0.209. The van der Waals surface area contributed by atoms with Crippen molar-refractivity contribution in [3.05, 3.63) is 0 Å². The summed E-state index contributed by atoms with van der Waals surface area (Å²) in [6.07, 6.45) is 1.97. The highest BCUT2D eigenvalue weighted by molar-refractivity contribution is 9.24. The second-order valence-corrected chi connectivity index (χ2v) is 10.4. The number of ketones is 1. The van der Waals surface area contributed by atoms with Gasteiger partial charge in [0.25, 0.3) is 0 Å². The number of carbonyl (C=O) groups is 1. The first-order valence-corrected chi connectivity index (χ1v) is 8.41. The largest absolute Gasteiger partial charge is 0.297 e. The van der Waals surface area contributed by atoms with Crippen LogP contribution in [-0.4, -0.2) is 18.7 Å². The third-order valence-corrected chi connectivity index (χ3v) is 9.32. The van der Waals surface area contributed by atoms with Gasteiger partial charge in [0.05, 0.1) is 8.06 Å². The Morgan fingerprint density at radius 1 is 1.33 bits per heavy atom. The molecule has 86 valence electrons. The number of carbonyl (C=O) groups excluding carboxylic acids is 1. The average Bonchev–Trinajstić information content (AvgIpc) is 2.45. The molecule has 2 fully saturated rings. The van der Waals surface area contributed by atoms with Gasteiger partial charge in [-0.15, -0.1) is 0 Å². The summed E-state index contributed by atoms with van der Waals surface area (Å²) in [7, 11) is 0. The van der Waals surface area contributed by atoms with Crippen LogP contribution in [0.3, 0.4) is 0 Å². The Balaban J connectivity index is 2.61. The van der Waals surface area contributed by atoms with E-state index >= 15 is 0 Å². The van der Waals surface area contributed by atoms with Crippen LogP contribution in [-0.2, 0) is 4.79 Å². The zero-order valence-electron chi connectivity index (χ0n) is 8.49. The Hall–Kier alpha value is 1.59. The third-order valence-electron chi connectivity index (χ3n) is 4.25. The molecule has 2 saturated carbocycles. The molecule has 15 heavy (non-hydrogen) atoms. The van der Waals surface area contributed by atoms with Gasteiger partial charge in [-0.3, -0.25) is 4.79 Å². The SMILES string of the molecule is CC1(C)C(=O)[C@@]2(Br)CC[C@@]1(C(Br)Br)[C@@H]2Br. The van der Waals surface area contributed by atoms with Crippen molar-refractivity contribution in [3.8, 4) is 0 Å². The van der Waals surface area contributed by atoms with Gasteiger partial charge >= 0.3 is 0 Å². The highest BCUT2D eigenvalue weighted by Gasteiger charge is 2.75. The molecule has 0 radical (unpaired) electrons. The van der Waals surface area contributed by atoms with Crippen molar-refractivity contribution in [3.63, 3.8) is 0 Å². The molecule has 0 aromatic rings. The zero-order chi connectivity index (χ0) is 11.6. The zero-order valence-corrected chi connectivity index (χ0v) is 14.8. The lowest BCUT2D eigenvalue weighted by atomic mass is 9.65. The Morgan fingerprint density at radius 2 is 1.87 bits per heavy atom. The predicted molar refractivity (Wildman–Crippen MR) is 76.5 cm³/mol. The van der Waals surface area contributed by atoms with Gasteiger partial charge in [0.15, 0.2) is 5.78 Å². The molecule has 1 nitrogen and oxygen atoms in total. The Labute approximate surface area is 124 Å². The number of Topliss-reactive ketones (excluding diaryl/α,β-unsaturated/α-hetero) is 1. The summed E-state index contributed by atoms with van der Waals surface area (Å²) in [4.78, 5) is 12.6. The van der Waals surface area contributed by atoms with Gasteiger partial charge < -0.3 is 0 Å². The molecule has 0 aromatic heterocycles. The maximum Gasteiger partial charge on any atom is 0.156 e. The van der Waals surface area contributed by atoms with Gasteiger partial charge in [0, 0.05) is 15.7 Å². The van der Waals surface area contributed by atoms with Crippen LogP contribution < -0.4 is 0 Å². The van der Waals surface area contributed by atoms with Crippen molar-refractivity contribution < 1.29 is 4.79 Å². The van der Waals surface area contributed by atoms with Crippen LogP contribution in [0.15, 0.2) is 0 Å². The molecule has 0 aromatic carbocycles. The van der Waals surface area contributed by atoms with E-state index < -0.39 is 0 Å². The van der Waals surface area contributed by atoms with Crippen molar-refractivity contribution >= 4 is 69.5 Å². The van der Waals surface area contributed by atoms with Crippen molar-refractivity contribution in [2.45, 2.75) is 39.6 Å². The summed E-state index contributed by atoms with van der Waals surface area (Å²) in [5, 5.41) is 0. The summed E-state index contributed by atoms with van der Waals surface area (Å²) in [5.41, 5.74) is -0.353. The van der Waals surface area contributed by atoms with Gasteiger partial charge in [0.2, 0.25) is 0 Å². The summed E-state index contributed by atoms with van der Waals surface area (Å²) in [6.45, 7) is 4.11. The highest BCUT2D eigenvalue weighted by Crippen LogP contribution is 2.72. The van der Waals surface area contributed by atoms with E-state index in [9.17, 15) is 4.79 Å². The average molecular weight is 468 g/mol. The predicted octanol–water partition coefficient (Wildman–Crippen LogP) is 4.39. The van der Waals surface area contributed by atoms with Gasteiger partial charge in [-0.25, -0.2) is 0 Å². The van der Waals surface area contributed by atoms with Crippen molar-refractivity contribution in [1.29, 1.82) is 0 Å². The summed E-state index contributed by atoms with van der Waals surface area (Å²) in [6, 6.07) is 0. The Kier molecular flexibility index (Phi) is 3.08. The highest BCUT2D eigenvalue weighted by atomic mass is 79.9. The smallest absolute Gasteiger partial charge is 0.156 e. The van der Waals surface area contributed by atoms with Crippen molar-refractivity contribution in [1.82, 2.24) is 0 Å². The lowest BCUT2D eigenvalue weighted by molar-refractivity contribution is -0.131. The van der Waals surface area contributed by atoms with Crippen LogP contribution in [0.25, 0.3) is 0 Å². The molecule has 0 N–H and O–H groups in total. The normalized spacial score (nSPS) is 47.9. The number of hydrogen-bond donors (Lipinski definition) is 0. The van der Waals surface area contributed by atoms with Gasteiger partial charge in [-0.2, -0.15) is 0 Å². The maximum absolute atomic E-state index is 12.4. The summed E-state index contributed by atoms with van der Waals surface area (Å²) >= 11 is 14.6. The lowest BCUT2D eigenvalue weighted by Crippen LogP contribution is -2.45. The summed E-state index contributed by atoms with van der Waals surface area (Å²) in [5.74, 6) is 0.326. The second-order valence-electron chi connectivity index (χ2n) is 5.02. The number of alkyl halides is 4. The molecule has 0 spiro atoms. The topological polar surface area (TPSA) is 17.1 Å². The number of rotatable bonds is 1. The van der Waals surface area contributed by atoms with E-state index in [1.807, 2.05) is 0 Å². The molecule has 0 heterocycles. The van der Waals surface area contributed by atoms with E-state index in [2.05, 4.69) is 77.6 Å². The minimum absolute atomic E-state index is 0.0480. The quantitative estimate of drug-likeness (QED) is 0.523. The number of fused-ring (bicyclic) bond motifs is 2. The van der Waals surface area contributed by atoms with E-state index in [1.54, 1.807) is 0 Å². The van der Waals surface area contributed by atoms with Crippen LogP contribution in [0.4, 0.5) is 0 Å². The first-order chi connectivity index (χ1) is 6.71. The standard InChI is InChI=1S/C10H12Br4O/c1-8(2)6(15)10(14)4-3-9(8,5(10)11)7(12)13/h5,7H,3-4H2,1-2H3/t5-,9-,10+/m0/s1. The molecule has 5 heteroatoms. The van der Waals surface area contributed by atoms with E-state index in [0.717, 1.165) is 12.8 Å². The van der Waals surface area contributed by atoms with Crippen LogP contribution >= 0.6 is 63.7 Å². The molecule has 2 aliphatic rings. The Bertz CT molecular complexity index is 327. The molecule has 2 rings (SSSR count). The van der Waals surface area contributed by atoms with Gasteiger partial charge in [0.1, 0.15) is 0 Å². The number of halogens is 4. The van der Waals surface area contributed by atoms with Crippen molar-refractivity contribution in [2.75, 3.05) is 0 Å². The maximum atomic E-state index is 12.4. The first kappa shape index (κ1) is 13.0. The molecular weight excluding hydrogens is 456 g/mol. The lowest BCUT2D eigenvalue weighted by Gasteiger charge is -2.43. The van der Waals surface area contributed by atoms with E-state index in [-0.39, 0.29) is 23.7 Å². The third kappa shape index (κ3) is 1.27. The van der Waals surface area contributed by atoms with Gasteiger partial charge in [-0.1, -0.05) is 77.6 Å².